The molecule has 16 heavy (non-hydrogen) atoms. The molecule has 0 N–H and O–H groups in total. The highest BCUT2D eigenvalue weighted by Gasteiger charge is 1.98. The minimum atomic E-state index is 0.432. The monoisotopic (exact) mass is 216 g/mol. The molecule has 2 aromatic rings. The molecule has 0 aliphatic rings. The van der Waals surface area contributed by atoms with Crippen LogP contribution in [-0.4, -0.2) is 16.1 Å². The lowest BCUT2D eigenvalue weighted by Crippen LogP contribution is -1.97. The molecule has 1 aromatic carbocycles. The fourth-order valence-electron chi connectivity index (χ4n) is 1.34. The van der Waals surface area contributed by atoms with E-state index in [4.69, 9.17) is 4.74 Å². The summed E-state index contributed by atoms with van der Waals surface area (Å²) in [6.07, 6.45) is 2.68. The minimum Gasteiger partial charge on any atom is -0.487 e. The molecule has 4 nitrogen and oxygen atoms in total. The summed E-state index contributed by atoms with van der Waals surface area (Å²) in [5.41, 5.74) is 1.52. The van der Waals surface area contributed by atoms with Gasteiger partial charge in [0.1, 0.15) is 18.6 Å². The second-order valence-electron chi connectivity index (χ2n) is 3.46. The van der Waals surface area contributed by atoms with Crippen LogP contribution in [0.2, 0.25) is 0 Å². The first-order valence-corrected chi connectivity index (χ1v) is 4.94. The normalized spacial score (nSPS) is 10.1. The number of carbonyl (C=O) groups excluding carboxylic acids is 1. The Balaban J connectivity index is 1.96. The van der Waals surface area contributed by atoms with Crippen molar-refractivity contribution < 1.29 is 9.53 Å². The van der Waals surface area contributed by atoms with Gasteiger partial charge in [-0.05, 0) is 30.3 Å². The van der Waals surface area contributed by atoms with Crippen LogP contribution in [0.5, 0.6) is 5.75 Å². The predicted octanol–water partition coefficient (Wildman–Crippen LogP) is 1.81. The Kier molecular flexibility index (Phi) is 3.00. The van der Waals surface area contributed by atoms with Gasteiger partial charge in [-0.25, -0.2) is 0 Å². The molecule has 0 saturated heterocycles. The molecule has 0 unspecified atom stereocenters. The quantitative estimate of drug-likeness (QED) is 0.732. The lowest BCUT2D eigenvalue weighted by Gasteiger charge is -2.03. The maximum Gasteiger partial charge on any atom is 0.150 e. The fourth-order valence-corrected chi connectivity index (χ4v) is 1.34. The number of aryl methyl sites for hydroxylation is 1. The molecule has 0 aliphatic carbocycles. The summed E-state index contributed by atoms with van der Waals surface area (Å²) in [4.78, 5) is 10.4. The van der Waals surface area contributed by atoms with Crippen LogP contribution in [0.3, 0.4) is 0 Å². The zero-order chi connectivity index (χ0) is 11.4. The van der Waals surface area contributed by atoms with E-state index in [-0.39, 0.29) is 0 Å². The highest BCUT2D eigenvalue weighted by Crippen LogP contribution is 2.12. The summed E-state index contributed by atoms with van der Waals surface area (Å²) < 4.78 is 7.24. The number of aldehydes is 1. The van der Waals surface area contributed by atoms with Gasteiger partial charge in [-0.3, -0.25) is 9.48 Å². The first kappa shape index (κ1) is 10.4. The summed E-state index contributed by atoms with van der Waals surface area (Å²) in [6.45, 7) is 0.432. The van der Waals surface area contributed by atoms with Gasteiger partial charge in [0.15, 0.2) is 0 Å². The number of carbonyl (C=O) groups is 1. The van der Waals surface area contributed by atoms with Crippen molar-refractivity contribution >= 4 is 6.29 Å². The summed E-state index contributed by atoms with van der Waals surface area (Å²) in [5.74, 6) is 0.733. The van der Waals surface area contributed by atoms with Crippen molar-refractivity contribution in [2.75, 3.05) is 0 Å². The van der Waals surface area contributed by atoms with Gasteiger partial charge in [-0.15, -0.1) is 0 Å². The second-order valence-corrected chi connectivity index (χ2v) is 3.46. The lowest BCUT2D eigenvalue weighted by molar-refractivity contribution is 0.112. The number of benzene rings is 1. The third kappa shape index (κ3) is 2.48. The Bertz CT molecular complexity index is 474. The minimum absolute atomic E-state index is 0.432. The topological polar surface area (TPSA) is 44.1 Å². The first-order chi connectivity index (χ1) is 7.78. The van der Waals surface area contributed by atoms with Crippen LogP contribution in [-0.2, 0) is 13.7 Å². The average molecular weight is 216 g/mol. The van der Waals surface area contributed by atoms with Crippen molar-refractivity contribution in [3.8, 4) is 5.75 Å². The Morgan fingerprint density at radius 1 is 1.31 bits per heavy atom. The van der Waals surface area contributed by atoms with Crippen molar-refractivity contribution in [3.63, 3.8) is 0 Å². The zero-order valence-electron chi connectivity index (χ0n) is 8.96. The summed E-state index contributed by atoms with van der Waals surface area (Å²) >= 11 is 0. The molecule has 1 aromatic heterocycles. The van der Waals surface area contributed by atoms with E-state index >= 15 is 0 Å². The summed E-state index contributed by atoms with van der Waals surface area (Å²) in [6, 6.07) is 8.89. The highest BCUT2D eigenvalue weighted by molar-refractivity contribution is 5.74. The second kappa shape index (κ2) is 4.61. The SMILES string of the molecule is Cn1ccc(COc2ccc(C=O)cc2)n1. The van der Waals surface area contributed by atoms with Gasteiger partial charge in [-0.1, -0.05) is 0 Å². The smallest absolute Gasteiger partial charge is 0.150 e. The molecule has 0 radical (unpaired) electrons. The van der Waals surface area contributed by atoms with Crippen LogP contribution in [0.25, 0.3) is 0 Å². The first-order valence-electron chi connectivity index (χ1n) is 4.94. The Labute approximate surface area is 93.5 Å². The number of nitrogens with zero attached hydrogens (tertiary/aromatic N) is 2. The van der Waals surface area contributed by atoms with E-state index in [1.165, 1.54) is 0 Å². The third-order valence-corrected chi connectivity index (χ3v) is 2.17. The average Bonchev–Trinajstić information content (AvgIpc) is 2.73. The van der Waals surface area contributed by atoms with Gasteiger partial charge in [0.25, 0.3) is 0 Å². The predicted molar refractivity (Wildman–Crippen MR) is 59.4 cm³/mol. The summed E-state index contributed by atoms with van der Waals surface area (Å²) in [7, 11) is 1.86. The molecular formula is C12H12N2O2. The van der Waals surface area contributed by atoms with Crippen molar-refractivity contribution in [1.29, 1.82) is 0 Å². The molecular weight excluding hydrogens is 204 g/mol. The molecule has 0 spiro atoms. The molecule has 2 rings (SSSR count). The van der Waals surface area contributed by atoms with Crippen molar-refractivity contribution in [2.24, 2.45) is 7.05 Å². The van der Waals surface area contributed by atoms with Crippen LogP contribution in [0.15, 0.2) is 36.5 Å². The number of hydrogen-bond acceptors (Lipinski definition) is 3. The van der Waals surface area contributed by atoms with Crippen molar-refractivity contribution in [3.05, 3.63) is 47.8 Å². The van der Waals surface area contributed by atoms with Crippen LogP contribution in [0, 0.1) is 0 Å². The van der Waals surface area contributed by atoms with Gasteiger partial charge in [0.05, 0.1) is 5.69 Å². The molecule has 82 valence electrons. The molecule has 0 amide bonds. The molecule has 0 bridgehead atoms. The molecule has 4 heteroatoms. The van der Waals surface area contributed by atoms with Gasteiger partial charge in [0, 0.05) is 18.8 Å². The van der Waals surface area contributed by atoms with E-state index in [1.807, 2.05) is 19.3 Å². The lowest BCUT2D eigenvalue weighted by atomic mass is 10.2. The third-order valence-electron chi connectivity index (χ3n) is 2.17. The fraction of sp³-hybridized carbons (Fsp3) is 0.167. The van der Waals surface area contributed by atoms with Gasteiger partial charge >= 0.3 is 0 Å². The standard InChI is InChI=1S/C12H12N2O2/c1-14-7-6-11(13-14)9-16-12-4-2-10(8-15)3-5-12/h2-8H,9H2,1H3. The number of rotatable bonds is 4. The van der Waals surface area contributed by atoms with Crippen LogP contribution >= 0.6 is 0 Å². The maximum absolute atomic E-state index is 10.4. The van der Waals surface area contributed by atoms with Crippen LogP contribution in [0.1, 0.15) is 16.1 Å². The molecule has 0 fully saturated rings. The largest absolute Gasteiger partial charge is 0.487 e. The van der Waals surface area contributed by atoms with Gasteiger partial charge in [-0.2, -0.15) is 5.10 Å². The van der Waals surface area contributed by atoms with E-state index < -0.39 is 0 Å². The Morgan fingerprint density at radius 3 is 2.62 bits per heavy atom. The van der Waals surface area contributed by atoms with E-state index in [0.29, 0.717) is 12.2 Å². The maximum atomic E-state index is 10.4. The number of ether oxygens (including phenoxy) is 1. The summed E-state index contributed by atoms with van der Waals surface area (Å²) in [5, 5.41) is 4.19. The van der Waals surface area contributed by atoms with E-state index in [1.54, 1.807) is 28.9 Å². The van der Waals surface area contributed by atoms with Crippen LogP contribution in [0.4, 0.5) is 0 Å². The van der Waals surface area contributed by atoms with Crippen molar-refractivity contribution in [2.45, 2.75) is 6.61 Å². The van der Waals surface area contributed by atoms with Gasteiger partial charge < -0.3 is 4.74 Å². The number of aromatic nitrogens is 2. The molecule has 0 saturated carbocycles. The van der Waals surface area contributed by atoms with E-state index in [9.17, 15) is 4.79 Å². The zero-order valence-corrected chi connectivity index (χ0v) is 8.96. The number of hydrogen-bond donors (Lipinski definition) is 0. The molecule has 0 atom stereocenters. The van der Waals surface area contributed by atoms with Crippen molar-refractivity contribution in [1.82, 2.24) is 9.78 Å². The highest BCUT2D eigenvalue weighted by atomic mass is 16.5. The van der Waals surface area contributed by atoms with Crippen LogP contribution < -0.4 is 4.74 Å². The Hall–Kier alpha value is -2.10. The van der Waals surface area contributed by atoms with E-state index in [2.05, 4.69) is 5.10 Å². The molecule has 0 aliphatic heterocycles. The Morgan fingerprint density at radius 2 is 2.06 bits per heavy atom. The van der Waals surface area contributed by atoms with Gasteiger partial charge in [0.2, 0.25) is 0 Å². The molecule has 1 heterocycles. The van der Waals surface area contributed by atoms with E-state index in [0.717, 1.165) is 17.7 Å².